The van der Waals surface area contributed by atoms with Crippen LogP contribution in [0.1, 0.15) is 16.8 Å². The average molecular weight is 335 g/mol. The van der Waals surface area contributed by atoms with Crippen LogP contribution in [0.5, 0.6) is 0 Å². The van der Waals surface area contributed by atoms with E-state index in [1.165, 1.54) is 4.90 Å². The van der Waals surface area contributed by atoms with Gasteiger partial charge in [-0.2, -0.15) is 13.2 Å². The number of halogens is 4. The summed E-state index contributed by atoms with van der Waals surface area (Å²) in [6.07, 6.45) is -5.98. The Morgan fingerprint density at radius 2 is 1.59 bits per heavy atom. The maximum absolute atomic E-state index is 12.3. The Bertz CT molecular complexity index is 569. The van der Waals surface area contributed by atoms with Crippen molar-refractivity contribution in [3.05, 3.63) is 34.9 Å². The van der Waals surface area contributed by atoms with Crippen molar-refractivity contribution in [2.24, 2.45) is 0 Å². The third kappa shape index (κ3) is 4.13. The van der Waals surface area contributed by atoms with E-state index in [9.17, 15) is 22.8 Å². The second kappa shape index (κ2) is 6.56. The monoisotopic (exact) mass is 334 g/mol. The molecule has 1 saturated heterocycles. The van der Waals surface area contributed by atoms with E-state index in [0.29, 0.717) is 10.6 Å². The van der Waals surface area contributed by atoms with Crippen molar-refractivity contribution in [3.63, 3.8) is 0 Å². The molecule has 1 aliphatic rings. The van der Waals surface area contributed by atoms with E-state index >= 15 is 0 Å². The molecule has 0 atom stereocenters. The lowest BCUT2D eigenvalue weighted by molar-refractivity contribution is -0.162. The van der Waals surface area contributed by atoms with Crippen LogP contribution in [-0.2, 0) is 4.79 Å². The molecule has 0 radical (unpaired) electrons. The standard InChI is InChI=1S/C14H14ClF3N2O2/c15-11-4-2-1-3-10(11)13(22)20-7-5-19(6-8-20)12(21)9-14(16,17)18/h1-4H,5-9H2. The van der Waals surface area contributed by atoms with Crippen molar-refractivity contribution >= 4 is 23.4 Å². The Kier molecular flexibility index (Phi) is 4.95. The molecule has 0 bridgehead atoms. The molecule has 0 aromatic heterocycles. The molecule has 4 nitrogen and oxygen atoms in total. The van der Waals surface area contributed by atoms with Gasteiger partial charge in [0.1, 0.15) is 6.42 Å². The Morgan fingerprint density at radius 1 is 1.05 bits per heavy atom. The second-order valence-corrected chi connectivity index (χ2v) is 5.35. The number of rotatable bonds is 2. The molecule has 0 N–H and O–H groups in total. The van der Waals surface area contributed by atoms with Gasteiger partial charge in [0.25, 0.3) is 5.91 Å². The molecule has 1 aromatic carbocycles. The Labute approximate surface area is 130 Å². The topological polar surface area (TPSA) is 40.6 Å². The summed E-state index contributed by atoms with van der Waals surface area (Å²) >= 11 is 5.95. The van der Waals surface area contributed by atoms with Crippen LogP contribution < -0.4 is 0 Å². The number of hydrogen-bond acceptors (Lipinski definition) is 2. The van der Waals surface area contributed by atoms with Crippen LogP contribution in [0.2, 0.25) is 5.02 Å². The van der Waals surface area contributed by atoms with Gasteiger partial charge in [-0.25, -0.2) is 0 Å². The molecule has 1 aliphatic heterocycles. The largest absolute Gasteiger partial charge is 0.397 e. The molecule has 0 aliphatic carbocycles. The van der Waals surface area contributed by atoms with Crippen molar-refractivity contribution in [2.75, 3.05) is 26.2 Å². The summed E-state index contributed by atoms with van der Waals surface area (Å²) in [7, 11) is 0. The number of carbonyl (C=O) groups excluding carboxylic acids is 2. The van der Waals surface area contributed by atoms with Gasteiger partial charge in [0.05, 0.1) is 10.6 Å². The summed E-state index contributed by atoms with van der Waals surface area (Å²) in [6, 6.07) is 6.57. The van der Waals surface area contributed by atoms with Crippen LogP contribution in [0.4, 0.5) is 13.2 Å². The number of piperazine rings is 1. The zero-order valence-corrected chi connectivity index (χ0v) is 12.3. The summed E-state index contributed by atoms with van der Waals surface area (Å²) in [4.78, 5) is 26.4. The summed E-state index contributed by atoms with van der Waals surface area (Å²) in [5, 5.41) is 0.322. The minimum atomic E-state index is -4.51. The van der Waals surface area contributed by atoms with Gasteiger partial charge in [-0.1, -0.05) is 23.7 Å². The first kappa shape index (κ1) is 16.6. The van der Waals surface area contributed by atoms with Crippen molar-refractivity contribution in [3.8, 4) is 0 Å². The number of carbonyl (C=O) groups is 2. The summed E-state index contributed by atoms with van der Waals surface area (Å²) < 4.78 is 36.6. The van der Waals surface area contributed by atoms with E-state index in [0.717, 1.165) is 4.90 Å². The molecule has 0 spiro atoms. The van der Waals surface area contributed by atoms with Gasteiger partial charge in [0.2, 0.25) is 5.91 Å². The summed E-state index contributed by atoms with van der Waals surface area (Å²) in [6.45, 7) is 0.553. The van der Waals surface area contributed by atoms with E-state index in [4.69, 9.17) is 11.6 Å². The highest BCUT2D eigenvalue weighted by Gasteiger charge is 2.35. The lowest BCUT2D eigenvalue weighted by Gasteiger charge is -2.35. The first-order valence-electron chi connectivity index (χ1n) is 6.66. The number of alkyl halides is 3. The fourth-order valence-electron chi connectivity index (χ4n) is 2.25. The van der Waals surface area contributed by atoms with E-state index in [1.54, 1.807) is 24.3 Å². The molecule has 8 heteroatoms. The quantitative estimate of drug-likeness (QED) is 0.834. The molecule has 22 heavy (non-hydrogen) atoms. The predicted molar refractivity (Wildman–Crippen MR) is 74.6 cm³/mol. The fraction of sp³-hybridized carbons (Fsp3) is 0.429. The van der Waals surface area contributed by atoms with Crippen LogP contribution in [0.25, 0.3) is 0 Å². The van der Waals surface area contributed by atoms with Gasteiger partial charge in [-0.15, -0.1) is 0 Å². The minimum Gasteiger partial charge on any atom is -0.339 e. The first-order valence-corrected chi connectivity index (χ1v) is 7.04. The van der Waals surface area contributed by atoms with Crippen molar-refractivity contribution in [1.82, 2.24) is 9.80 Å². The highest BCUT2D eigenvalue weighted by Crippen LogP contribution is 2.22. The molecule has 1 fully saturated rings. The lowest BCUT2D eigenvalue weighted by Crippen LogP contribution is -2.51. The fourth-order valence-corrected chi connectivity index (χ4v) is 2.46. The predicted octanol–water partition coefficient (Wildman–Crippen LogP) is 2.58. The smallest absolute Gasteiger partial charge is 0.339 e. The normalized spacial score (nSPS) is 15.8. The molecule has 1 heterocycles. The van der Waals surface area contributed by atoms with Gasteiger partial charge >= 0.3 is 6.18 Å². The van der Waals surface area contributed by atoms with Crippen LogP contribution >= 0.6 is 11.6 Å². The third-order valence-corrected chi connectivity index (χ3v) is 3.71. The molecule has 1 aromatic rings. The van der Waals surface area contributed by atoms with E-state index < -0.39 is 18.5 Å². The SMILES string of the molecule is O=C(CC(F)(F)F)N1CCN(C(=O)c2ccccc2Cl)CC1. The van der Waals surface area contributed by atoms with E-state index in [-0.39, 0.29) is 32.1 Å². The summed E-state index contributed by atoms with van der Waals surface area (Å²) in [5.41, 5.74) is 0.347. The molecule has 2 rings (SSSR count). The molecule has 0 unspecified atom stereocenters. The van der Waals surface area contributed by atoms with Gasteiger partial charge in [0, 0.05) is 26.2 Å². The Morgan fingerprint density at radius 3 is 2.14 bits per heavy atom. The molecule has 0 saturated carbocycles. The lowest BCUT2D eigenvalue weighted by atomic mass is 10.1. The van der Waals surface area contributed by atoms with E-state index in [2.05, 4.69) is 0 Å². The van der Waals surface area contributed by atoms with Gasteiger partial charge in [-0.05, 0) is 12.1 Å². The van der Waals surface area contributed by atoms with Gasteiger partial charge < -0.3 is 9.80 Å². The first-order chi connectivity index (χ1) is 10.3. The maximum atomic E-state index is 12.3. The molecular weight excluding hydrogens is 321 g/mol. The summed E-state index contributed by atoms with van der Waals surface area (Å²) in [5.74, 6) is -1.24. The molecule has 2 amide bonds. The van der Waals surface area contributed by atoms with Crippen molar-refractivity contribution < 1.29 is 22.8 Å². The van der Waals surface area contributed by atoms with Crippen molar-refractivity contribution in [1.29, 1.82) is 0 Å². The maximum Gasteiger partial charge on any atom is 0.397 e. The van der Waals surface area contributed by atoms with Gasteiger partial charge in [0.15, 0.2) is 0 Å². The second-order valence-electron chi connectivity index (χ2n) is 4.94. The number of amides is 2. The molecule has 120 valence electrons. The Hall–Kier alpha value is -1.76. The minimum absolute atomic E-state index is 0.0884. The van der Waals surface area contributed by atoms with Gasteiger partial charge in [-0.3, -0.25) is 9.59 Å². The zero-order chi connectivity index (χ0) is 16.3. The zero-order valence-electron chi connectivity index (χ0n) is 11.6. The molecular formula is C14H14ClF3N2O2. The number of nitrogens with zero attached hydrogens (tertiary/aromatic N) is 2. The number of hydrogen-bond donors (Lipinski definition) is 0. The van der Waals surface area contributed by atoms with Crippen LogP contribution in [-0.4, -0.2) is 54.0 Å². The highest BCUT2D eigenvalue weighted by molar-refractivity contribution is 6.33. The third-order valence-electron chi connectivity index (χ3n) is 3.38. The highest BCUT2D eigenvalue weighted by atomic mass is 35.5. The van der Waals surface area contributed by atoms with Crippen LogP contribution in [0, 0.1) is 0 Å². The van der Waals surface area contributed by atoms with Crippen LogP contribution in [0.15, 0.2) is 24.3 Å². The van der Waals surface area contributed by atoms with Crippen molar-refractivity contribution in [2.45, 2.75) is 12.6 Å². The Balaban J connectivity index is 1.94. The number of benzene rings is 1. The van der Waals surface area contributed by atoms with E-state index in [1.807, 2.05) is 0 Å². The average Bonchev–Trinajstić information content (AvgIpc) is 2.45. The van der Waals surface area contributed by atoms with Crippen LogP contribution in [0.3, 0.4) is 0 Å².